The van der Waals surface area contributed by atoms with E-state index >= 15 is 0 Å². The number of rotatable bonds is 6. The van der Waals surface area contributed by atoms with Gasteiger partial charge in [-0.15, -0.1) is 0 Å². The standard InChI is InChI=1S/C16H25NO6/c1-4-22-14-6-5-13(23-14)16(20)17(7-10(2)3)11-8-21-9-12(18)15(11)19/h5-6,10-12,15,18-19H,4,7-9H2,1-3H3/t11-,12-,15+/m1/s1. The number of nitrogens with zero attached hydrogens (tertiary/aromatic N) is 1. The van der Waals surface area contributed by atoms with Crippen LogP contribution in [0.2, 0.25) is 0 Å². The van der Waals surface area contributed by atoms with Gasteiger partial charge in [-0.05, 0) is 18.9 Å². The maximum atomic E-state index is 12.8. The molecular formula is C16H25NO6. The second-order valence-corrected chi connectivity index (χ2v) is 6.07. The largest absolute Gasteiger partial charge is 0.465 e. The smallest absolute Gasteiger partial charge is 0.290 e. The Morgan fingerprint density at radius 3 is 2.78 bits per heavy atom. The number of aliphatic hydroxyl groups excluding tert-OH is 2. The van der Waals surface area contributed by atoms with E-state index in [2.05, 4.69) is 0 Å². The van der Waals surface area contributed by atoms with Crippen LogP contribution in [0.5, 0.6) is 5.95 Å². The molecule has 2 rings (SSSR count). The zero-order valence-electron chi connectivity index (χ0n) is 13.8. The molecule has 1 aromatic heterocycles. The topological polar surface area (TPSA) is 92.4 Å². The van der Waals surface area contributed by atoms with Crippen molar-refractivity contribution < 1.29 is 28.9 Å². The van der Waals surface area contributed by atoms with Gasteiger partial charge in [0, 0.05) is 12.6 Å². The van der Waals surface area contributed by atoms with E-state index in [9.17, 15) is 15.0 Å². The highest BCUT2D eigenvalue weighted by Gasteiger charge is 2.38. The summed E-state index contributed by atoms with van der Waals surface area (Å²) in [7, 11) is 0. The molecule has 0 saturated carbocycles. The van der Waals surface area contributed by atoms with Gasteiger partial charge in [0.2, 0.25) is 0 Å². The Hall–Kier alpha value is -1.57. The molecule has 1 fully saturated rings. The van der Waals surface area contributed by atoms with Gasteiger partial charge in [0.25, 0.3) is 11.9 Å². The van der Waals surface area contributed by atoms with Gasteiger partial charge in [0.05, 0.1) is 25.9 Å². The summed E-state index contributed by atoms with van der Waals surface area (Å²) < 4.78 is 15.9. The molecule has 0 aromatic carbocycles. The molecule has 130 valence electrons. The molecular weight excluding hydrogens is 302 g/mol. The number of ether oxygens (including phenoxy) is 2. The number of carbonyl (C=O) groups is 1. The summed E-state index contributed by atoms with van der Waals surface area (Å²) in [6.45, 7) is 6.87. The summed E-state index contributed by atoms with van der Waals surface area (Å²) in [5.74, 6) is 0.250. The zero-order valence-corrected chi connectivity index (χ0v) is 13.8. The first-order chi connectivity index (χ1) is 10.9. The monoisotopic (exact) mass is 327 g/mol. The Morgan fingerprint density at radius 2 is 2.13 bits per heavy atom. The second-order valence-electron chi connectivity index (χ2n) is 6.07. The maximum Gasteiger partial charge on any atom is 0.290 e. The van der Waals surface area contributed by atoms with Gasteiger partial charge in [-0.1, -0.05) is 13.8 Å². The van der Waals surface area contributed by atoms with Crippen LogP contribution in [0.4, 0.5) is 0 Å². The molecule has 1 aliphatic heterocycles. The quantitative estimate of drug-likeness (QED) is 0.806. The van der Waals surface area contributed by atoms with E-state index in [1.165, 1.54) is 4.90 Å². The normalized spacial score (nSPS) is 24.7. The molecule has 1 aromatic rings. The van der Waals surface area contributed by atoms with Crippen molar-refractivity contribution in [3.8, 4) is 5.95 Å². The summed E-state index contributed by atoms with van der Waals surface area (Å²) in [5.41, 5.74) is 0. The van der Waals surface area contributed by atoms with E-state index in [0.717, 1.165) is 0 Å². The Balaban J connectivity index is 2.20. The van der Waals surface area contributed by atoms with E-state index in [0.29, 0.717) is 13.2 Å². The summed E-state index contributed by atoms with van der Waals surface area (Å²) in [5, 5.41) is 20.0. The van der Waals surface area contributed by atoms with Crippen molar-refractivity contribution in [2.45, 2.75) is 39.0 Å². The molecule has 2 N–H and O–H groups in total. The molecule has 1 amide bonds. The minimum atomic E-state index is -1.05. The van der Waals surface area contributed by atoms with Crippen molar-refractivity contribution in [2.75, 3.05) is 26.4 Å². The maximum absolute atomic E-state index is 12.8. The van der Waals surface area contributed by atoms with Gasteiger partial charge in [0.15, 0.2) is 5.76 Å². The van der Waals surface area contributed by atoms with E-state index < -0.39 is 18.2 Å². The predicted octanol–water partition coefficient (Wildman–Crippen LogP) is 0.897. The van der Waals surface area contributed by atoms with Gasteiger partial charge in [0.1, 0.15) is 12.2 Å². The van der Waals surface area contributed by atoms with Crippen molar-refractivity contribution in [1.82, 2.24) is 4.90 Å². The fourth-order valence-electron chi connectivity index (χ4n) is 2.60. The fourth-order valence-corrected chi connectivity index (χ4v) is 2.60. The molecule has 7 heteroatoms. The SMILES string of the molecule is CCOc1ccc(C(=O)N(CC(C)C)[C@@H]2COC[C@@H](O)[C@H]2O)o1. The number of furan rings is 1. The van der Waals surface area contributed by atoms with Crippen LogP contribution >= 0.6 is 0 Å². The lowest BCUT2D eigenvalue weighted by Crippen LogP contribution is -2.58. The summed E-state index contributed by atoms with van der Waals surface area (Å²) >= 11 is 0. The van der Waals surface area contributed by atoms with Crippen LogP contribution in [0.15, 0.2) is 16.5 Å². The second kappa shape index (κ2) is 7.81. The lowest BCUT2D eigenvalue weighted by molar-refractivity contribution is -0.126. The molecule has 7 nitrogen and oxygen atoms in total. The molecule has 1 aliphatic rings. The van der Waals surface area contributed by atoms with Crippen LogP contribution < -0.4 is 4.74 Å². The first-order valence-corrected chi connectivity index (χ1v) is 7.91. The Morgan fingerprint density at radius 1 is 1.39 bits per heavy atom. The lowest BCUT2D eigenvalue weighted by Gasteiger charge is -2.39. The Labute approximate surface area is 135 Å². The highest BCUT2D eigenvalue weighted by molar-refractivity contribution is 5.92. The average molecular weight is 327 g/mol. The first kappa shape index (κ1) is 17.8. The minimum Gasteiger partial charge on any atom is -0.465 e. The van der Waals surface area contributed by atoms with Crippen LogP contribution in [0.1, 0.15) is 31.3 Å². The fraction of sp³-hybridized carbons (Fsp3) is 0.688. The van der Waals surface area contributed by atoms with E-state index in [1.54, 1.807) is 12.1 Å². The van der Waals surface area contributed by atoms with Crippen LogP contribution in [0.25, 0.3) is 0 Å². The third-order valence-corrected chi connectivity index (χ3v) is 3.67. The molecule has 0 bridgehead atoms. The highest BCUT2D eigenvalue weighted by Crippen LogP contribution is 2.22. The molecule has 0 spiro atoms. The van der Waals surface area contributed by atoms with E-state index in [1.807, 2.05) is 20.8 Å². The summed E-state index contributed by atoms with van der Waals surface area (Å²) in [6, 6.07) is 2.52. The zero-order chi connectivity index (χ0) is 17.0. The lowest BCUT2D eigenvalue weighted by atomic mass is 10.0. The van der Waals surface area contributed by atoms with Crippen LogP contribution in [-0.4, -0.2) is 65.6 Å². The number of hydrogen-bond donors (Lipinski definition) is 2. The Kier molecular flexibility index (Phi) is 6.04. The number of aliphatic hydroxyl groups is 2. The molecule has 0 radical (unpaired) electrons. The number of carbonyl (C=O) groups excluding carboxylic acids is 1. The molecule has 0 unspecified atom stereocenters. The van der Waals surface area contributed by atoms with Gasteiger partial charge < -0.3 is 29.0 Å². The highest BCUT2D eigenvalue weighted by atomic mass is 16.6. The van der Waals surface area contributed by atoms with Crippen LogP contribution in [0.3, 0.4) is 0 Å². The van der Waals surface area contributed by atoms with Crippen molar-refractivity contribution in [1.29, 1.82) is 0 Å². The Bertz CT molecular complexity index is 514. The number of amides is 1. The summed E-state index contributed by atoms with van der Waals surface area (Å²) in [4.78, 5) is 14.3. The summed E-state index contributed by atoms with van der Waals surface area (Å²) in [6.07, 6.45) is -2.06. The predicted molar refractivity (Wildman–Crippen MR) is 82.4 cm³/mol. The minimum absolute atomic E-state index is 0.0661. The molecule has 23 heavy (non-hydrogen) atoms. The number of hydrogen-bond acceptors (Lipinski definition) is 6. The van der Waals surface area contributed by atoms with Crippen molar-refractivity contribution in [3.05, 3.63) is 17.9 Å². The molecule has 1 saturated heterocycles. The van der Waals surface area contributed by atoms with Crippen LogP contribution in [-0.2, 0) is 4.74 Å². The van der Waals surface area contributed by atoms with Gasteiger partial charge in [-0.2, -0.15) is 0 Å². The third kappa shape index (κ3) is 4.25. The van der Waals surface area contributed by atoms with Crippen molar-refractivity contribution in [2.24, 2.45) is 5.92 Å². The molecule has 2 heterocycles. The van der Waals surface area contributed by atoms with E-state index in [-0.39, 0.29) is 36.7 Å². The van der Waals surface area contributed by atoms with Gasteiger partial charge >= 0.3 is 0 Å². The van der Waals surface area contributed by atoms with Crippen LogP contribution in [0, 0.1) is 5.92 Å². The first-order valence-electron chi connectivity index (χ1n) is 7.91. The molecule has 0 aliphatic carbocycles. The van der Waals surface area contributed by atoms with E-state index in [4.69, 9.17) is 13.9 Å². The van der Waals surface area contributed by atoms with Crippen molar-refractivity contribution in [3.63, 3.8) is 0 Å². The molecule has 3 atom stereocenters. The van der Waals surface area contributed by atoms with Gasteiger partial charge in [-0.25, -0.2) is 0 Å². The average Bonchev–Trinajstić information content (AvgIpc) is 2.96. The van der Waals surface area contributed by atoms with Crippen molar-refractivity contribution >= 4 is 5.91 Å². The third-order valence-electron chi connectivity index (χ3n) is 3.67. The van der Waals surface area contributed by atoms with Gasteiger partial charge in [-0.3, -0.25) is 4.79 Å².